The molecule has 0 aliphatic heterocycles. The van der Waals surface area contributed by atoms with Crippen LogP contribution in [0.1, 0.15) is 26.7 Å². The van der Waals surface area contributed by atoms with Crippen LogP contribution in [0.15, 0.2) is 0 Å². The molecule has 0 bridgehead atoms. The number of ether oxygens (including phenoxy) is 1. The van der Waals surface area contributed by atoms with Crippen LogP contribution in [0.25, 0.3) is 0 Å². The average Bonchev–Trinajstić information content (AvgIpc) is 2.19. The number of hydrogen-bond donors (Lipinski definition) is 1. The number of rotatable bonds is 6. The fourth-order valence-electron chi connectivity index (χ4n) is 1.29. The van der Waals surface area contributed by atoms with Crippen molar-refractivity contribution >= 4 is 19.6 Å². The van der Waals surface area contributed by atoms with Crippen LogP contribution in [0.4, 0.5) is 0 Å². The Morgan fingerprint density at radius 3 is 2.38 bits per heavy atom. The first-order valence-electron chi connectivity index (χ1n) is 4.44. The van der Waals surface area contributed by atoms with Crippen molar-refractivity contribution in [2.75, 3.05) is 7.11 Å². The van der Waals surface area contributed by atoms with Crippen LogP contribution in [-0.4, -0.2) is 32.2 Å². The number of nitrogens with one attached hydrogen (secondary N) is 1. The van der Waals surface area contributed by atoms with E-state index in [1.807, 2.05) is 13.8 Å². The van der Waals surface area contributed by atoms with Crippen LogP contribution >= 0.6 is 0 Å². The molecule has 0 saturated carbocycles. The molecule has 0 saturated heterocycles. The maximum Gasteiger partial charge on any atom is 0.325 e. The van der Waals surface area contributed by atoms with Crippen molar-refractivity contribution in [2.45, 2.75) is 32.2 Å². The molecule has 0 fully saturated rings. The number of methoxy groups -OCH3 is 1. The van der Waals surface area contributed by atoms with E-state index in [0.29, 0.717) is 12.8 Å². The van der Waals surface area contributed by atoms with E-state index in [1.54, 1.807) is 0 Å². The summed E-state index contributed by atoms with van der Waals surface area (Å²) in [4.78, 5) is 21.6. The predicted octanol–water partition coefficient (Wildman–Crippen LogP) is -0.151. The van der Waals surface area contributed by atoms with E-state index in [9.17, 15) is 9.59 Å². The van der Waals surface area contributed by atoms with Crippen LogP contribution in [0, 0.1) is 0 Å². The lowest BCUT2D eigenvalue weighted by atomic mass is 9.84. The minimum atomic E-state index is -0.699. The first kappa shape index (κ1) is 12.2. The van der Waals surface area contributed by atoms with E-state index in [2.05, 4.69) is 9.96 Å². The van der Waals surface area contributed by atoms with Gasteiger partial charge in [0.25, 0.3) is 7.41 Å². The molecule has 0 spiro atoms. The lowest BCUT2D eigenvalue weighted by Gasteiger charge is -2.28. The molecule has 0 aliphatic rings. The van der Waals surface area contributed by atoms with Gasteiger partial charge in [-0.15, -0.1) is 0 Å². The topological polar surface area (TPSA) is 55.4 Å². The third-order valence-corrected chi connectivity index (χ3v) is 2.31. The zero-order valence-electron chi connectivity index (χ0n) is 8.42. The van der Waals surface area contributed by atoms with Gasteiger partial charge in [0, 0.05) is 0 Å². The fourth-order valence-corrected chi connectivity index (χ4v) is 1.29. The van der Waals surface area contributed by atoms with Gasteiger partial charge in [0.1, 0.15) is 5.54 Å². The molecule has 0 heterocycles. The smallest absolute Gasteiger partial charge is 0.325 e. The Morgan fingerprint density at radius 1 is 1.54 bits per heavy atom. The van der Waals surface area contributed by atoms with Gasteiger partial charge >= 0.3 is 5.97 Å². The van der Waals surface area contributed by atoms with E-state index in [0.717, 1.165) is 6.19 Å². The Morgan fingerprint density at radius 2 is 2.08 bits per heavy atom. The van der Waals surface area contributed by atoms with E-state index in [4.69, 9.17) is 0 Å². The van der Waals surface area contributed by atoms with Crippen LogP contribution in [0.2, 0.25) is 0 Å². The summed E-state index contributed by atoms with van der Waals surface area (Å²) >= 11 is 0. The minimum Gasteiger partial charge on any atom is -0.468 e. The molecule has 0 aliphatic carbocycles. The van der Waals surface area contributed by atoms with Crippen molar-refractivity contribution in [3.8, 4) is 0 Å². The molecule has 13 heavy (non-hydrogen) atoms. The maximum absolute atomic E-state index is 11.4. The summed E-state index contributed by atoms with van der Waals surface area (Å²) < 4.78 is 4.68. The highest BCUT2D eigenvalue weighted by atomic mass is 16.5. The van der Waals surface area contributed by atoms with Gasteiger partial charge in [-0.3, -0.25) is 4.79 Å². The Bertz CT molecular complexity index is 180. The van der Waals surface area contributed by atoms with Gasteiger partial charge in [-0.2, -0.15) is 0 Å². The second-order valence-corrected chi connectivity index (χ2v) is 2.83. The summed E-state index contributed by atoms with van der Waals surface area (Å²) in [6.45, 7) is 3.77. The molecule has 74 valence electrons. The van der Waals surface area contributed by atoms with Crippen LogP contribution in [0.3, 0.4) is 0 Å². The Labute approximate surface area is 79.3 Å². The van der Waals surface area contributed by atoms with Crippen molar-refractivity contribution in [2.24, 2.45) is 0 Å². The lowest BCUT2D eigenvalue weighted by Crippen LogP contribution is -2.53. The molecular formula is C8H16BNO3. The van der Waals surface area contributed by atoms with E-state index in [-0.39, 0.29) is 13.4 Å². The fraction of sp³-hybridized carbons (Fsp3) is 0.750. The molecule has 1 N–H and O–H groups in total. The summed E-state index contributed by atoms with van der Waals surface area (Å²) in [5.41, 5.74) is -0.699. The van der Waals surface area contributed by atoms with Gasteiger partial charge in [0.2, 0.25) is 0 Å². The molecule has 0 aromatic heterocycles. The lowest BCUT2D eigenvalue weighted by molar-refractivity contribution is -0.148. The first-order chi connectivity index (χ1) is 6.16. The number of hydrogen-bond acceptors (Lipinski definition) is 4. The number of esters is 1. The Kier molecular flexibility index (Phi) is 5.38. The molecule has 0 radical (unpaired) electrons. The molecule has 5 heteroatoms. The molecule has 4 nitrogen and oxygen atoms in total. The summed E-state index contributed by atoms with van der Waals surface area (Å²) in [6, 6.07) is 0. The standard InChI is InChI=1S/C8H16BNO3/c1-4-8(5-2,7(12)13-3)10-9-6-11/h6,9-10H,4-5H2,1-3H3. The summed E-state index contributed by atoms with van der Waals surface area (Å²) in [6.07, 6.45) is 1.97. The van der Waals surface area contributed by atoms with E-state index < -0.39 is 5.54 Å². The second kappa shape index (κ2) is 5.75. The van der Waals surface area contributed by atoms with Gasteiger partial charge in [-0.1, -0.05) is 13.8 Å². The molecule has 0 aromatic carbocycles. The summed E-state index contributed by atoms with van der Waals surface area (Å²) in [7, 11) is 1.53. The Balaban J connectivity index is 4.47. The van der Waals surface area contributed by atoms with Gasteiger partial charge < -0.3 is 14.8 Å². The van der Waals surface area contributed by atoms with Crippen molar-refractivity contribution in [3.63, 3.8) is 0 Å². The largest absolute Gasteiger partial charge is 0.468 e. The molecule has 0 aromatic rings. The zero-order valence-corrected chi connectivity index (χ0v) is 8.42. The highest BCUT2D eigenvalue weighted by Crippen LogP contribution is 2.15. The van der Waals surface area contributed by atoms with Crippen molar-refractivity contribution < 1.29 is 14.3 Å². The molecular weight excluding hydrogens is 169 g/mol. The number of carbonyl (C=O) groups excluding carboxylic acids is 2. The average molecular weight is 185 g/mol. The molecule has 0 atom stereocenters. The highest BCUT2D eigenvalue weighted by Gasteiger charge is 2.34. The molecule has 0 unspecified atom stereocenters. The van der Waals surface area contributed by atoms with Crippen molar-refractivity contribution in [1.29, 1.82) is 0 Å². The summed E-state index contributed by atoms with van der Waals surface area (Å²) in [5, 5.41) is 2.89. The van der Waals surface area contributed by atoms with Crippen LogP contribution in [-0.2, 0) is 14.3 Å². The van der Waals surface area contributed by atoms with Crippen LogP contribution in [0.5, 0.6) is 0 Å². The van der Waals surface area contributed by atoms with Gasteiger partial charge in [-0.25, -0.2) is 0 Å². The van der Waals surface area contributed by atoms with Gasteiger partial charge in [-0.05, 0) is 12.8 Å². The second-order valence-electron chi connectivity index (χ2n) is 2.83. The first-order valence-corrected chi connectivity index (χ1v) is 4.44. The van der Waals surface area contributed by atoms with Crippen LogP contribution < -0.4 is 5.23 Å². The zero-order chi connectivity index (χ0) is 10.3. The number of carbonyl (C=O) groups is 2. The van der Waals surface area contributed by atoms with E-state index in [1.165, 1.54) is 7.11 Å². The quantitative estimate of drug-likeness (QED) is 0.355. The predicted molar refractivity (Wildman–Crippen MR) is 52.4 cm³/mol. The Hall–Kier alpha value is -0.835. The third kappa shape index (κ3) is 2.84. The van der Waals surface area contributed by atoms with Crippen molar-refractivity contribution in [3.05, 3.63) is 0 Å². The maximum atomic E-state index is 11.4. The summed E-state index contributed by atoms with van der Waals surface area (Å²) in [5.74, 6) is -0.306. The molecule has 0 amide bonds. The van der Waals surface area contributed by atoms with E-state index >= 15 is 0 Å². The monoisotopic (exact) mass is 185 g/mol. The van der Waals surface area contributed by atoms with Crippen molar-refractivity contribution in [1.82, 2.24) is 5.23 Å². The molecule has 0 rings (SSSR count). The van der Waals surface area contributed by atoms with Gasteiger partial charge in [0.15, 0.2) is 0 Å². The van der Waals surface area contributed by atoms with Gasteiger partial charge in [0.05, 0.1) is 13.3 Å². The highest BCUT2D eigenvalue weighted by molar-refractivity contribution is 6.64. The normalized spacial score (nSPS) is 10.7. The SMILES string of the molecule is CCC(CC)(NBC=O)C(=O)OC. The minimum absolute atomic E-state index is 0.177. The third-order valence-electron chi connectivity index (χ3n) is 2.31.